The van der Waals surface area contributed by atoms with Gasteiger partial charge in [0.05, 0.1) is 11.5 Å². The molecule has 94 valence electrons. The molecule has 0 spiro atoms. The average Bonchev–Trinajstić information content (AvgIpc) is 2.68. The van der Waals surface area contributed by atoms with Crippen molar-refractivity contribution in [3.8, 4) is 5.82 Å². The first kappa shape index (κ1) is 12.5. The van der Waals surface area contributed by atoms with Gasteiger partial charge in [-0.3, -0.25) is 10.1 Å². The summed E-state index contributed by atoms with van der Waals surface area (Å²) < 4.78 is 6.08. The van der Waals surface area contributed by atoms with Crippen LogP contribution in [0.2, 0.25) is 5.15 Å². The topological polar surface area (TPSA) is 83.1 Å². The first-order chi connectivity index (χ1) is 8.65. The third-order valence-electron chi connectivity index (χ3n) is 2.21. The lowest BCUT2D eigenvalue weighted by Crippen LogP contribution is -2.00. The van der Waals surface area contributed by atoms with E-state index in [9.17, 15) is 10.1 Å². The molecule has 0 unspecified atom stereocenters. The van der Waals surface area contributed by atoms with Crippen molar-refractivity contribution in [2.24, 2.45) is 0 Å². The third-order valence-corrected chi connectivity index (χ3v) is 2.54. The smallest absolute Gasteiger partial charge is 0.331 e. The minimum atomic E-state index is -0.580. The van der Waals surface area contributed by atoms with Crippen molar-refractivity contribution >= 4 is 17.3 Å². The van der Waals surface area contributed by atoms with E-state index in [-0.39, 0.29) is 23.1 Å². The van der Waals surface area contributed by atoms with Gasteiger partial charge in [0.15, 0.2) is 11.5 Å². The number of nitrogens with zero attached hydrogens (tertiary/aromatic N) is 4. The fourth-order valence-electron chi connectivity index (χ4n) is 1.48. The largest absolute Gasteiger partial charge is 0.378 e. The van der Waals surface area contributed by atoms with Crippen LogP contribution in [0.3, 0.4) is 0 Å². The maximum absolute atomic E-state index is 11.0. The molecule has 18 heavy (non-hydrogen) atoms. The number of hydrogen-bond acceptors (Lipinski definition) is 5. The molecule has 0 fully saturated rings. The Labute approximate surface area is 107 Å². The zero-order chi connectivity index (χ0) is 13.1. The summed E-state index contributed by atoms with van der Waals surface area (Å²) in [5, 5.41) is 14.9. The summed E-state index contributed by atoms with van der Waals surface area (Å²) in [6, 6.07) is 5.12. The number of rotatable bonds is 4. The molecule has 0 aromatic carbocycles. The van der Waals surface area contributed by atoms with Crippen molar-refractivity contribution < 1.29 is 9.66 Å². The maximum atomic E-state index is 11.0. The fourth-order valence-corrected chi connectivity index (χ4v) is 1.78. The summed E-state index contributed by atoms with van der Waals surface area (Å²) in [4.78, 5) is 14.4. The molecule has 2 heterocycles. The minimum absolute atomic E-state index is 0.00979. The van der Waals surface area contributed by atoms with Gasteiger partial charge >= 0.3 is 5.69 Å². The monoisotopic (exact) mass is 268 g/mol. The molecule has 0 saturated heterocycles. The summed E-state index contributed by atoms with van der Waals surface area (Å²) in [6.07, 6.45) is 1.55. The van der Waals surface area contributed by atoms with Crippen LogP contribution in [-0.2, 0) is 11.3 Å². The molecular weight excluding hydrogens is 260 g/mol. The Bertz CT molecular complexity index is 570. The second kappa shape index (κ2) is 5.11. The highest BCUT2D eigenvalue weighted by Gasteiger charge is 2.27. The van der Waals surface area contributed by atoms with Crippen molar-refractivity contribution in [3.63, 3.8) is 0 Å². The molecule has 0 aliphatic heterocycles. The lowest BCUT2D eigenvalue weighted by atomic mass is 10.4. The Balaban J connectivity index is 2.57. The molecule has 0 atom stereocenters. The first-order valence-electron chi connectivity index (χ1n) is 4.97. The molecule has 0 aliphatic carbocycles. The van der Waals surface area contributed by atoms with Crippen LogP contribution in [-0.4, -0.2) is 26.8 Å². The van der Waals surface area contributed by atoms with Gasteiger partial charge in [0.2, 0.25) is 5.15 Å². The molecule has 2 rings (SSSR count). The second-order valence-corrected chi connectivity index (χ2v) is 3.73. The van der Waals surface area contributed by atoms with Gasteiger partial charge in [-0.2, -0.15) is 9.78 Å². The molecule has 8 heteroatoms. The summed E-state index contributed by atoms with van der Waals surface area (Å²) in [5.41, 5.74) is -0.0951. The predicted molar refractivity (Wildman–Crippen MR) is 63.7 cm³/mol. The fraction of sp³-hybridized carbons (Fsp3) is 0.200. The summed E-state index contributed by atoms with van der Waals surface area (Å²) >= 11 is 5.96. The van der Waals surface area contributed by atoms with E-state index in [4.69, 9.17) is 16.3 Å². The van der Waals surface area contributed by atoms with Gasteiger partial charge in [-0.15, -0.1) is 0 Å². The molecule has 0 saturated carbocycles. The Kier molecular flexibility index (Phi) is 3.54. The van der Waals surface area contributed by atoms with Crippen molar-refractivity contribution in [1.82, 2.24) is 14.8 Å². The van der Waals surface area contributed by atoms with Crippen molar-refractivity contribution in [2.45, 2.75) is 6.61 Å². The number of methoxy groups -OCH3 is 1. The van der Waals surface area contributed by atoms with Gasteiger partial charge in [-0.1, -0.05) is 17.7 Å². The van der Waals surface area contributed by atoms with Crippen molar-refractivity contribution in [2.75, 3.05) is 7.11 Å². The lowest BCUT2D eigenvalue weighted by molar-refractivity contribution is -0.385. The van der Waals surface area contributed by atoms with Crippen LogP contribution in [0.25, 0.3) is 5.82 Å². The Morgan fingerprint density at radius 2 is 2.33 bits per heavy atom. The number of pyridine rings is 1. The molecule has 0 N–H and O–H groups in total. The summed E-state index contributed by atoms with van der Waals surface area (Å²) in [5.74, 6) is 0.410. The molecule has 0 aliphatic rings. The van der Waals surface area contributed by atoms with E-state index in [1.807, 2.05) is 0 Å². The van der Waals surface area contributed by atoms with Crippen LogP contribution in [0.5, 0.6) is 0 Å². The number of hydrogen-bond donors (Lipinski definition) is 0. The molecular formula is C10H9ClN4O3. The first-order valence-corrected chi connectivity index (χ1v) is 5.35. The number of halogens is 1. The molecule has 0 amide bonds. The Morgan fingerprint density at radius 3 is 2.89 bits per heavy atom. The van der Waals surface area contributed by atoms with Gasteiger partial charge in [0, 0.05) is 13.3 Å². The van der Waals surface area contributed by atoms with Gasteiger partial charge < -0.3 is 4.74 Å². The molecule has 2 aromatic rings. The number of nitro groups is 1. The third kappa shape index (κ3) is 2.18. The van der Waals surface area contributed by atoms with Crippen LogP contribution in [0.4, 0.5) is 5.69 Å². The second-order valence-electron chi connectivity index (χ2n) is 3.38. The highest BCUT2D eigenvalue weighted by Crippen LogP contribution is 2.30. The molecule has 7 nitrogen and oxygen atoms in total. The summed E-state index contributed by atoms with van der Waals surface area (Å²) in [7, 11) is 1.43. The van der Waals surface area contributed by atoms with E-state index >= 15 is 0 Å². The van der Waals surface area contributed by atoms with E-state index in [1.54, 1.807) is 24.4 Å². The highest BCUT2D eigenvalue weighted by atomic mass is 35.5. The van der Waals surface area contributed by atoms with E-state index in [2.05, 4.69) is 10.1 Å². The summed E-state index contributed by atoms with van der Waals surface area (Å²) in [6.45, 7) is 0.00979. The van der Waals surface area contributed by atoms with Gasteiger partial charge in [-0.05, 0) is 12.1 Å². The van der Waals surface area contributed by atoms with Crippen LogP contribution in [0.1, 0.15) is 5.69 Å². The minimum Gasteiger partial charge on any atom is -0.378 e. The van der Waals surface area contributed by atoms with Crippen molar-refractivity contribution in [3.05, 3.63) is 45.4 Å². The maximum Gasteiger partial charge on any atom is 0.331 e. The Morgan fingerprint density at radius 1 is 1.56 bits per heavy atom. The van der Waals surface area contributed by atoms with E-state index in [0.29, 0.717) is 5.82 Å². The number of ether oxygens (including phenoxy) is 1. The lowest BCUT2D eigenvalue weighted by Gasteiger charge is -1.99. The van der Waals surface area contributed by atoms with Gasteiger partial charge in [0.25, 0.3) is 0 Å². The van der Waals surface area contributed by atoms with Crippen molar-refractivity contribution in [1.29, 1.82) is 0 Å². The van der Waals surface area contributed by atoms with Crippen LogP contribution < -0.4 is 0 Å². The SMILES string of the molecule is COCc1nn(-c2ccccn2)c(Cl)c1[N+](=O)[O-]. The zero-order valence-electron chi connectivity index (χ0n) is 9.41. The highest BCUT2D eigenvalue weighted by molar-refractivity contribution is 6.32. The van der Waals surface area contributed by atoms with Crippen LogP contribution in [0, 0.1) is 10.1 Å². The predicted octanol–water partition coefficient (Wildman–Crippen LogP) is 1.98. The van der Waals surface area contributed by atoms with E-state index in [0.717, 1.165) is 0 Å². The molecule has 2 aromatic heterocycles. The number of aromatic nitrogens is 3. The van der Waals surface area contributed by atoms with E-state index < -0.39 is 4.92 Å². The Hall–Kier alpha value is -1.99. The standard InChI is InChI=1S/C10H9ClN4O3/c1-18-6-7-9(15(16)17)10(11)14(13-7)8-4-2-3-5-12-8/h2-5H,6H2,1H3. The zero-order valence-corrected chi connectivity index (χ0v) is 10.2. The average molecular weight is 269 g/mol. The quantitative estimate of drug-likeness (QED) is 0.625. The van der Waals surface area contributed by atoms with Gasteiger partial charge in [-0.25, -0.2) is 4.98 Å². The molecule has 0 bridgehead atoms. The van der Waals surface area contributed by atoms with Gasteiger partial charge in [0.1, 0.15) is 0 Å². The van der Waals surface area contributed by atoms with Crippen LogP contribution in [0.15, 0.2) is 24.4 Å². The van der Waals surface area contributed by atoms with E-state index in [1.165, 1.54) is 11.8 Å². The molecule has 0 radical (unpaired) electrons. The normalized spacial score (nSPS) is 10.6. The van der Waals surface area contributed by atoms with Crippen LogP contribution >= 0.6 is 11.6 Å².